The van der Waals surface area contributed by atoms with Gasteiger partial charge >= 0.3 is 5.97 Å². The zero-order chi connectivity index (χ0) is 20.6. The molecule has 0 radical (unpaired) electrons. The smallest absolute Gasteiger partial charge is 0.337 e. The van der Waals surface area contributed by atoms with Gasteiger partial charge in [-0.3, -0.25) is 0 Å². The van der Waals surface area contributed by atoms with E-state index in [1.54, 1.807) is 25.3 Å². The average Bonchev–Trinajstić information content (AvgIpc) is 2.73. The normalized spacial score (nSPS) is 10.3. The number of aryl methyl sites for hydroxylation is 1. The standard InChI is InChI=1S/C22H24N4O3/c1-15-24-20(23-11-10-16-6-4-9-19(12-16)28-2)14-21(25-15)26-18-8-5-7-17(13-18)22(27)29-3/h4-9,12-14H,10-11H2,1-3H3,(H2,23,24,25,26). The molecular formula is C22H24N4O3. The summed E-state index contributed by atoms with van der Waals surface area (Å²) < 4.78 is 10.0. The molecule has 2 N–H and O–H groups in total. The van der Waals surface area contributed by atoms with Crippen LogP contribution in [0.2, 0.25) is 0 Å². The van der Waals surface area contributed by atoms with Gasteiger partial charge in [0.2, 0.25) is 0 Å². The van der Waals surface area contributed by atoms with Crippen molar-refractivity contribution < 1.29 is 14.3 Å². The van der Waals surface area contributed by atoms with E-state index >= 15 is 0 Å². The third-order valence-electron chi connectivity index (χ3n) is 4.25. The van der Waals surface area contributed by atoms with Gasteiger partial charge in [-0.2, -0.15) is 0 Å². The monoisotopic (exact) mass is 392 g/mol. The molecule has 0 unspecified atom stereocenters. The van der Waals surface area contributed by atoms with Crippen molar-refractivity contribution in [2.24, 2.45) is 0 Å². The van der Waals surface area contributed by atoms with Crippen LogP contribution in [0.1, 0.15) is 21.7 Å². The third-order valence-corrected chi connectivity index (χ3v) is 4.25. The lowest BCUT2D eigenvalue weighted by atomic mass is 10.1. The highest BCUT2D eigenvalue weighted by Crippen LogP contribution is 2.19. The summed E-state index contributed by atoms with van der Waals surface area (Å²) in [5, 5.41) is 6.54. The first-order chi connectivity index (χ1) is 14.1. The van der Waals surface area contributed by atoms with Crippen molar-refractivity contribution in [1.29, 1.82) is 0 Å². The van der Waals surface area contributed by atoms with E-state index < -0.39 is 0 Å². The summed E-state index contributed by atoms with van der Waals surface area (Å²) in [6.07, 6.45) is 0.837. The van der Waals surface area contributed by atoms with Gasteiger partial charge in [-0.25, -0.2) is 14.8 Å². The number of carbonyl (C=O) groups excluding carboxylic acids is 1. The van der Waals surface area contributed by atoms with Crippen LogP contribution in [0.15, 0.2) is 54.6 Å². The molecule has 0 fully saturated rings. The van der Waals surface area contributed by atoms with Crippen LogP contribution in [0.25, 0.3) is 0 Å². The van der Waals surface area contributed by atoms with Crippen LogP contribution in [-0.4, -0.2) is 36.7 Å². The van der Waals surface area contributed by atoms with Gasteiger partial charge < -0.3 is 20.1 Å². The maximum atomic E-state index is 11.7. The summed E-state index contributed by atoms with van der Waals surface area (Å²) in [6.45, 7) is 2.56. The van der Waals surface area contributed by atoms with E-state index in [2.05, 4.69) is 26.7 Å². The van der Waals surface area contributed by atoms with Crippen molar-refractivity contribution in [2.75, 3.05) is 31.4 Å². The van der Waals surface area contributed by atoms with Crippen molar-refractivity contribution in [3.8, 4) is 5.75 Å². The van der Waals surface area contributed by atoms with Crippen LogP contribution in [0.3, 0.4) is 0 Å². The Morgan fingerprint density at radius 2 is 1.79 bits per heavy atom. The van der Waals surface area contributed by atoms with Crippen molar-refractivity contribution in [1.82, 2.24) is 9.97 Å². The van der Waals surface area contributed by atoms with Crippen LogP contribution in [0, 0.1) is 6.92 Å². The lowest BCUT2D eigenvalue weighted by molar-refractivity contribution is 0.0601. The molecule has 0 amide bonds. The summed E-state index contributed by atoms with van der Waals surface area (Å²) in [6, 6.07) is 16.9. The molecule has 0 bridgehead atoms. The minimum absolute atomic E-state index is 0.382. The molecule has 2 aromatic carbocycles. The minimum Gasteiger partial charge on any atom is -0.497 e. The molecule has 0 aliphatic heterocycles. The minimum atomic E-state index is -0.382. The number of esters is 1. The largest absolute Gasteiger partial charge is 0.497 e. The third kappa shape index (κ3) is 5.68. The molecule has 0 spiro atoms. The van der Waals surface area contributed by atoms with Gasteiger partial charge in [0.05, 0.1) is 19.8 Å². The summed E-state index contributed by atoms with van der Waals surface area (Å²) in [7, 11) is 3.02. The highest BCUT2D eigenvalue weighted by molar-refractivity contribution is 5.90. The zero-order valence-electron chi connectivity index (χ0n) is 16.7. The molecule has 7 nitrogen and oxygen atoms in total. The second kappa shape index (κ2) is 9.54. The van der Waals surface area contributed by atoms with Gasteiger partial charge in [0, 0.05) is 18.3 Å². The number of nitrogens with zero attached hydrogens (tertiary/aromatic N) is 2. The summed E-state index contributed by atoms with van der Waals surface area (Å²) in [5.74, 6) is 2.48. The van der Waals surface area contributed by atoms with Crippen molar-refractivity contribution in [3.63, 3.8) is 0 Å². The Bertz CT molecular complexity index is 991. The second-order valence-corrected chi connectivity index (χ2v) is 6.41. The molecule has 1 aromatic heterocycles. The fourth-order valence-electron chi connectivity index (χ4n) is 2.87. The molecule has 0 saturated carbocycles. The Balaban J connectivity index is 1.66. The van der Waals surface area contributed by atoms with Crippen molar-refractivity contribution >= 4 is 23.3 Å². The van der Waals surface area contributed by atoms with Crippen LogP contribution in [0.5, 0.6) is 5.75 Å². The number of aromatic nitrogens is 2. The number of hydrogen-bond donors (Lipinski definition) is 2. The fraction of sp³-hybridized carbons (Fsp3) is 0.227. The molecule has 3 aromatic rings. The first kappa shape index (κ1) is 20.1. The predicted molar refractivity (Wildman–Crippen MR) is 113 cm³/mol. The topological polar surface area (TPSA) is 85.4 Å². The molecule has 0 aliphatic carbocycles. The SMILES string of the molecule is COC(=O)c1cccc(Nc2cc(NCCc3cccc(OC)c3)nc(C)n2)c1. The van der Waals surface area contributed by atoms with Gasteiger partial charge in [0.1, 0.15) is 23.2 Å². The molecule has 1 heterocycles. The maximum absolute atomic E-state index is 11.7. The van der Waals surface area contributed by atoms with Crippen LogP contribution in [0.4, 0.5) is 17.3 Å². The lowest BCUT2D eigenvalue weighted by Gasteiger charge is -2.11. The highest BCUT2D eigenvalue weighted by Gasteiger charge is 2.07. The number of methoxy groups -OCH3 is 2. The molecule has 0 saturated heterocycles. The first-order valence-electron chi connectivity index (χ1n) is 9.25. The van der Waals surface area contributed by atoms with E-state index in [4.69, 9.17) is 9.47 Å². The zero-order valence-corrected chi connectivity index (χ0v) is 16.7. The van der Waals surface area contributed by atoms with Crippen molar-refractivity contribution in [2.45, 2.75) is 13.3 Å². The van der Waals surface area contributed by atoms with Gasteiger partial charge in [-0.05, 0) is 49.2 Å². The Hall–Kier alpha value is -3.61. The Labute approximate surface area is 170 Å². The fourth-order valence-corrected chi connectivity index (χ4v) is 2.87. The predicted octanol–water partition coefficient (Wildman–Crippen LogP) is 3.98. The molecule has 7 heteroatoms. The molecule has 0 aliphatic rings. The maximum Gasteiger partial charge on any atom is 0.337 e. The van der Waals surface area contributed by atoms with Crippen LogP contribution in [-0.2, 0) is 11.2 Å². The Morgan fingerprint density at radius 3 is 2.59 bits per heavy atom. The summed E-state index contributed by atoms with van der Waals surface area (Å²) >= 11 is 0. The number of rotatable bonds is 8. The number of hydrogen-bond acceptors (Lipinski definition) is 7. The molecule has 150 valence electrons. The Morgan fingerprint density at radius 1 is 1.00 bits per heavy atom. The molecule has 0 atom stereocenters. The van der Waals surface area contributed by atoms with E-state index in [0.717, 1.165) is 30.2 Å². The number of benzene rings is 2. The summed E-state index contributed by atoms with van der Waals surface area (Å²) in [4.78, 5) is 20.6. The van der Waals surface area contributed by atoms with E-state index in [-0.39, 0.29) is 5.97 Å². The highest BCUT2D eigenvalue weighted by atomic mass is 16.5. The van der Waals surface area contributed by atoms with E-state index in [0.29, 0.717) is 17.2 Å². The number of anilines is 3. The van der Waals surface area contributed by atoms with Crippen LogP contribution < -0.4 is 15.4 Å². The first-order valence-corrected chi connectivity index (χ1v) is 9.25. The quantitative estimate of drug-likeness (QED) is 0.561. The van der Waals surface area contributed by atoms with E-state index in [1.807, 2.05) is 37.3 Å². The van der Waals surface area contributed by atoms with Gasteiger partial charge in [0.15, 0.2) is 0 Å². The number of nitrogens with one attached hydrogen (secondary N) is 2. The molecule has 3 rings (SSSR count). The second-order valence-electron chi connectivity index (χ2n) is 6.41. The number of ether oxygens (including phenoxy) is 2. The molecular weight excluding hydrogens is 368 g/mol. The van der Waals surface area contributed by atoms with Crippen LogP contribution >= 0.6 is 0 Å². The van der Waals surface area contributed by atoms with Gasteiger partial charge in [-0.15, -0.1) is 0 Å². The molecule has 29 heavy (non-hydrogen) atoms. The average molecular weight is 392 g/mol. The van der Waals surface area contributed by atoms with Gasteiger partial charge in [-0.1, -0.05) is 18.2 Å². The summed E-state index contributed by atoms with van der Waals surface area (Å²) in [5.41, 5.74) is 2.40. The lowest BCUT2D eigenvalue weighted by Crippen LogP contribution is -2.08. The van der Waals surface area contributed by atoms with E-state index in [9.17, 15) is 4.79 Å². The number of carbonyl (C=O) groups is 1. The van der Waals surface area contributed by atoms with Gasteiger partial charge in [0.25, 0.3) is 0 Å². The van der Waals surface area contributed by atoms with E-state index in [1.165, 1.54) is 12.7 Å². The van der Waals surface area contributed by atoms with Crippen molar-refractivity contribution in [3.05, 3.63) is 71.5 Å². The Kier molecular flexibility index (Phi) is 6.63.